The van der Waals surface area contributed by atoms with Crippen molar-refractivity contribution in [3.05, 3.63) is 62.1 Å². The lowest BCUT2D eigenvalue weighted by Crippen LogP contribution is -2.32. The molecule has 2 aliphatic rings. The normalized spacial score (nSPS) is 23.7. The van der Waals surface area contributed by atoms with Gasteiger partial charge in [-0.2, -0.15) is 13.1 Å². The minimum Gasteiger partial charge on any atom is -0.449 e. The van der Waals surface area contributed by atoms with Crippen molar-refractivity contribution in [2.24, 2.45) is 5.92 Å². The highest BCUT2D eigenvalue weighted by Crippen LogP contribution is 2.40. The van der Waals surface area contributed by atoms with Crippen LogP contribution in [0.15, 0.2) is 29.1 Å². The van der Waals surface area contributed by atoms with Gasteiger partial charge in [0.15, 0.2) is 5.22 Å². The largest absolute Gasteiger partial charge is 0.449 e. The summed E-state index contributed by atoms with van der Waals surface area (Å²) in [7, 11) is -4.35. The molecule has 4 heterocycles. The lowest BCUT2D eigenvalue weighted by molar-refractivity contribution is 0.0643. The van der Waals surface area contributed by atoms with Crippen molar-refractivity contribution in [2.75, 3.05) is 18.5 Å². The molecular formula is C23H25ClN4O7S2. The molecule has 14 heteroatoms. The van der Waals surface area contributed by atoms with Gasteiger partial charge in [0.1, 0.15) is 24.0 Å². The molecule has 0 spiro atoms. The maximum atomic E-state index is 13.5. The molecule has 1 saturated carbocycles. The van der Waals surface area contributed by atoms with Gasteiger partial charge in [0.25, 0.3) is 0 Å². The van der Waals surface area contributed by atoms with E-state index in [4.69, 9.17) is 25.3 Å². The van der Waals surface area contributed by atoms with Crippen LogP contribution in [0.4, 0.5) is 5.82 Å². The predicted molar refractivity (Wildman–Crippen MR) is 135 cm³/mol. The van der Waals surface area contributed by atoms with Crippen LogP contribution in [-0.2, 0) is 21.5 Å². The SMILES string of the molecule is Cc1sc(C(=O)c2cncnc2N[C@@H]2C[C@H](CNS(=O)(=O)O)[C@@H](O)C2)cc1[C@@H]1OCCc2oc(Cl)cc21. The number of rotatable bonds is 8. The summed E-state index contributed by atoms with van der Waals surface area (Å²) in [6.07, 6.45) is 2.98. The molecule has 37 heavy (non-hydrogen) atoms. The number of carbonyl (C=O) groups excluding carboxylic acids is 1. The molecule has 198 valence electrons. The van der Waals surface area contributed by atoms with Crippen molar-refractivity contribution >= 4 is 44.8 Å². The first kappa shape index (κ1) is 26.2. The minimum atomic E-state index is -4.35. The minimum absolute atomic E-state index is 0.0994. The quantitative estimate of drug-likeness (QED) is 0.234. The van der Waals surface area contributed by atoms with E-state index in [2.05, 4.69) is 15.3 Å². The smallest absolute Gasteiger partial charge is 0.333 e. The van der Waals surface area contributed by atoms with Crippen molar-refractivity contribution in [3.8, 4) is 0 Å². The number of hydrogen-bond acceptors (Lipinski definition) is 10. The second kappa shape index (κ2) is 10.4. The first-order valence-corrected chi connectivity index (χ1v) is 14.2. The molecule has 5 rings (SSSR count). The number of carbonyl (C=O) groups is 1. The number of anilines is 1. The summed E-state index contributed by atoms with van der Waals surface area (Å²) in [5.74, 6) is 0.448. The molecule has 0 radical (unpaired) electrons. The fraction of sp³-hybridized carbons (Fsp3) is 0.435. The van der Waals surface area contributed by atoms with E-state index in [1.807, 2.05) is 17.7 Å². The van der Waals surface area contributed by atoms with Crippen molar-refractivity contribution in [1.82, 2.24) is 14.7 Å². The van der Waals surface area contributed by atoms with Crippen molar-refractivity contribution in [2.45, 2.75) is 44.4 Å². The number of halogens is 1. The number of ether oxygens (including phenoxy) is 1. The van der Waals surface area contributed by atoms with E-state index < -0.39 is 22.3 Å². The molecule has 4 atom stereocenters. The van der Waals surface area contributed by atoms with Crippen molar-refractivity contribution in [3.63, 3.8) is 0 Å². The molecule has 4 N–H and O–H groups in total. The Kier molecular flexibility index (Phi) is 7.38. The van der Waals surface area contributed by atoms with Gasteiger partial charge >= 0.3 is 10.3 Å². The maximum absolute atomic E-state index is 13.5. The van der Waals surface area contributed by atoms with Gasteiger partial charge in [0.05, 0.1) is 23.2 Å². The second-order valence-corrected chi connectivity index (χ2v) is 12.0. The maximum Gasteiger partial charge on any atom is 0.333 e. The monoisotopic (exact) mass is 568 g/mol. The lowest BCUT2D eigenvalue weighted by atomic mass is 9.98. The first-order valence-electron chi connectivity index (χ1n) is 11.6. The number of aliphatic hydroxyl groups is 1. The van der Waals surface area contributed by atoms with Crippen LogP contribution in [-0.4, -0.2) is 59.1 Å². The Morgan fingerprint density at radius 1 is 1.30 bits per heavy atom. The van der Waals surface area contributed by atoms with Crippen LogP contribution in [0, 0.1) is 12.8 Å². The molecule has 1 aliphatic carbocycles. The first-order chi connectivity index (χ1) is 17.6. The van der Waals surface area contributed by atoms with Gasteiger partial charge < -0.3 is 19.6 Å². The number of nitrogens with one attached hydrogen (secondary N) is 2. The number of nitrogens with zero attached hydrogens (tertiary/aromatic N) is 2. The zero-order valence-corrected chi connectivity index (χ0v) is 22.1. The third-order valence-electron chi connectivity index (χ3n) is 6.65. The van der Waals surface area contributed by atoms with Gasteiger partial charge in [-0.15, -0.1) is 11.3 Å². The molecule has 11 nitrogen and oxygen atoms in total. The third-order valence-corrected chi connectivity index (χ3v) is 8.44. The van der Waals surface area contributed by atoms with Crippen LogP contribution in [0.2, 0.25) is 5.22 Å². The lowest BCUT2D eigenvalue weighted by Gasteiger charge is -2.22. The van der Waals surface area contributed by atoms with E-state index in [1.54, 1.807) is 6.07 Å². The Bertz CT molecular complexity index is 1420. The Balaban J connectivity index is 1.34. The number of hydrogen-bond donors (Lipinski definition) is 4. The van der Waals surface area contributed by atoms with Crippen molar-refractivity contribution < 1.29 is 32.0 Å². The summed E-state index contributed by atoms with van der Waals surface area (Å²) >= 11 is 7.42. The molecule has 3 aromatic rings. The fourth-order valence-corrected chi connectivity index (χ4v) is 6.54. The number of furan rings is 1. The van der Waals surface area contributed by atoms with E-state index in [-0.39, 0.29) is 30.0 Å². The average Bonchev–Trinajstić information content (AvgIpc) is 3.52. The molecule has 0 amide bonds. The van der Waals surface area contributed by atoms with Crippen LogP contribution >= 0.6 is 22.9 Å². The molecule has 0 unspecified atom stereocenters. The third kappa shape index (κ3) is 5.72. The molecule has 1 fully saturated rings. The Morgan fingerprint density at radius 2 is 2.11 bits per heavy atom. The van der Waals surface area contributed by atoms with E-state index in [0.29, 0.717) is 41.8 Å². The van der Waals surface area contributed by atoms with E-state index in [9.17, 15) is 18.3 Å². The van der Waals surface area contributed by atoms with Crippen LogP contribution in [0.5, 0.6) is 0 Å². The fourth-order valence-electron chi connectivity index (χ4n) is 4.90. The molecule has 1 aliphatic heterocycles. The Labute approximate surface area is 222 Å². The average molecular weight is 569 g/mol. The van der Waals surface area contributed by atoms with E-state index in [0.717, 1.165) is 21.8 Å². The topological polar surface area (TPSA) is 164 Å². The molecule has 3 aromatic heterocycles. The van der Waals surface area contributed by atoms with E-state index in [1.165, 1.54) is 23.9 Å². The number of aliphatic hydroxyl groups excluding tert-OH is 1. The highest BCUT2D eigenvalue weighted by Gasteiger charge is 2.35. The van der Waals surface area contributed by atoms with E-state index >= 15 is 0 Å². The standard InChI is InChI=1S/C23H25ClN4O7S2/c1-11-14(22-15-7-20(24)35-18(15)2-3-34-22)6-19(36-11)21(30)16-9-25-10-26-23(16)28-13-4-12(17(29)5-13)8-27-37(31,32)33/h6-7,9-10,12-13,17,22,27,29H,2-5,8H2,1H3,(H,25,26,28)(H,31,32,33)/t12-,13-,17+,22+/m1/s1. The Hall–Kier alpha value is -2.39. The Morgan fingerprint density at radius 3 is 2.89 bits per heavy atom. The highest BCUT2D eigenvalue weighted by atomic mass is 35.5. The second-order valence-electron chi connectivity index (χ2n) is 9.13. The number of aromatic nitrogens is 2. The summed E-state index contributed by atoms with van der Waals surface area (Å²) < 4.78 is 44.5. The number of thiophene rings is 1. The highest BCUT2D eigenvalue weighted by molar-refractivity contribution is 7.83. The molecule has 0 bridgehead atoms. The summed E-state index contributed by atoms with van der Waals surface area (Å²) in [5.41, 5.74) is 2.01. The van der Waals surface area contributed by atoms with Crippen LogP contribution < -0.4 is 10.0 Å². The van der Waals surface area contributed by atoms with Gasteiger partial charge in [0.2, 0.25) is 5.78 Å². The summed E-state index contributed by atoms with van der Waals surface area (Å²) in [5, 5.41) is 13.8. The van der Waals surface area contributed by atoms with Gasteiger partial charge in [-0.1, -0.05) is 0 Å². The van der Waals surface area contributed by atoms with Crippen LogP contribution in [0.3, 0.4) is 0 Å². The van der Waals surface area contributed by atoms with Crippen LogP contribution in [0.1, 0.15) is 55.9 Å². The summed E-state index contributed by atoms with van der Waals surface area (Å²) in [4.78, 5) is 23.2. The number of fused-ring (bicyclic) bond motifs is 1. The number of ketones is 1. The summed E-state index contributed by atoms with van der Waals surface area (Å²) in [6.45, 7) is 2.31. The van der Waals surface area contributed by atoms with Gasteiger partial charge in [-0.3, -0.25) is 9.35 Å². The molecule has 0 saturated heterocycles. The number of aryl methyl sites for hydroxylation is 1. The molecule has 0 aromatic carbocycles. The van der Waals surface area contributed by atoms with Gasteiger partial charge in [0, 0.05) is 47.6 Å². The molecular weight excluding hydrogens is 544 g/mol. The van der Waals surface area contributed by atoms with Gasteiger partial charge in [-0.25, -0.2) is 9.97 Å². The summed E-state index contributed by atoms with van der Waals surface area (Å²) in [6, 6.07) is 3.31. The zero-order chi connectivity index (χ0) is 26.3. The van der Waals surface area contributed by atoms with Crippen LogP contribution in [0.25, 0.3) is 0 Å². The predicted octanol–water partition coefficient (Wildman–Crippen LogP) is 2.93. The zero-order valence-electron chi connectivity index (χ0n) is 19.7. The van der Waals surface area contributed by atoms with Gasteiger partial charge in [-0.05, 0) is 43.0 Å². The van der Waals surface area contributed by atoms with Crippen molar-refractivity contribution in [1.29, 1.82) is 0 Å².